The van der Waals surface area contributed by atoms with Gasteiger partial charge in [0.2, 0.25) is 11.6 Å². The van der Waals surface area contributed by atoms with Crippen LogP contribution in [0.1, 0.15) is 137 Å². The Morgan fingerprint density at radius 3 is 1.12 bits per heavy atom. The first-order valence-corrected chi connectivity index (χ1v) is 16.3. The first-order chi connectivity index (χ1) is 20.5. The number of Topliss-reactive ketones (excluding diaryl/α,β-unsaturated/α-hetero) is 2. The summed E-state index contributed by atoms with van der Waals surface area (Å²) in [4.78, 5) is 26.3. The molecule has 0 unspecified atom stereocenters. The van der Waals surface area contributed by atoms with Gasteiger partial charge in [-0.1, -0.05) is 104 Å². The fourth-order valence-corrected chi connectivity index (χ4v) is 5.57. The van der Waals surface area contributed by atoms with Crippen LogP contribution >= 0.6 is 0 Å². The number of hydrogen-bond donors (Lipinski definition) is 0. The van der Waals surface area contributed by atoms with Crippen molar-refractivity contribution in [1.29, 1.82) is 0 Å². The Hall–Kier alpha value is -3.02. The zero-order valence-corrected chi connectivity index (χ0v) is 26.5. The molecular weight excluding hydrogens is 528 g/mol. The first kappa shape index (κ1) is 33.5. The normalized spacial score (nSPS) is 12.2. The molecule has 0 aromatic heterocycles. The van der Waals surface area contributed by atoms with Crippen LogP contribution in [0.4, 0.5) is 0 Å². The molecule has 0 N–H and O–H groups in total. The smallest absolute Gasteiger partial charge is 0.234 e. The van der Waals surface area contributed by atoms with Crippen LogP contribution in [0.25, 0.3) is 11.1 Å². The van der Waals surface area contributed by atoms with Gasteiger partial charge in [0, 0.05) is 11.1 Å². The predicted octanol–water partition coefficient (Wildman–Crippen LogP) is 9.79. The van der Waals surface area contributed by atoms with Crippen LogP contribution in [0.2, 0.25) is 0 Å². The van der Waals surface area contributed by atoms with Gasteiger partial charge in [-0.15, -0.1) is 0 Å². The summed E-state index contributed by atoms with van der Waals surface area (Å²) in [5.41, 5.74) is 1.94. The van der Waals surface area contributed by atoms with Crippen LogP contribution in [0.3, 0.4) is 0 Å². The Morgan fingerprint density at radius 2 is 0.738 bits per heavy atom. The predicted molar refractivity (Wildman–Crippen MR) is 170 cm³/mol. The average Bonchev–Trinajstić information content (AvgIpc) is 3.01. The van der Waals surface area contributed by atoms with E-state index in [9.17, 15) is 9.59 Å². The van der Waals surface area contributed by atoms with E-state index in [1.807, 2.05) is 6.07 Å². The van der Waals surface area contributed by atoms with Gasteiger partial charge in [0.1, 0.15) is 0 Å². The largest absolute Gasteiger partial charge is 0.493 e. The second-order valence-corrected chi connectivity index (χ2v) is 11.4. The number of ether oxygens (including phenoxy) is 4. The number of methoxy groups -OCH3 is 2. The summed E-state index contributed by atoms with van der Waals surface area (Å²) in [6.07, 6.45) is 19.5. The maximum Gasteiger partial charge on any atom is 0.234 e. The highest BCUT2D eigenvalue weighted by molar-refractivity contribution is 6.53. The second-order valence-electron chi connectivity index (χ2n) is 11.4. The third kappa shape index (κ3) is 9.50. The van der Waals surface area contributed by atoms with Crippen molar-refractivity contribution >= 4 is 11.6 Å². The van der Waals surface area contributed by atoms with Gasteiger partial charge in [0.25, 0.3) is 0 Å². The maximum absolute atomic E-state index is 13.2. The third-order valence-electron chi connectivity index (χ3n) is 8.10. The van der Waals surface area contributed by atoms with Gasteiger partial charge in [-0.3, -0.25) is 9.59 Å². The molecule has 2 aromatic carbocycles. The van der Waals surface area contributed by atoms with E-state index in [-0.39, 0.29) is 0 Å². The lowest BCUT2D eigenvalue weighted by atomic mass is 9.83. The molecule has 0 saturated carbocycles. The van der Waals surface area contributed by atoms with Crippen molar-refractivity contribution in [2.24, 2.45) is 0 Å². The van der Waals surface area contributed by atoms with E-state index in [0.717, 1.165) is 25.7 Å². The molecule has 3 rings (SSSR count). The number of carbonyl (C=O) groups excluding carboxylic acids is 2. The van der Waals surface area contributed by atoms with Crippen molar-refractivity contribution in [3.63, 3.8) is 0 Å². The van der Waals surface area contributed by atoms with Crippen LogP contribution in [0, 0.1) is 0 Å². The Bertz CT molecular complexity index is 1140. The molecular formula is C36H52O6. The van der Waals surface area contributed by atoms with Gasteiger partial charge in [0.05, 0.1) is 27.4 Å². The average molecular weight is 581 g/mol. The van der Waals surface area contributed by atoms with E-state index in [4.69, 9.17) is 18.9 Å². The number of unbranched alkanes of at least 4 members (excludes halogenated alkanes) is 14. The highest BCUT2D eigenvalue weighted by atomic mass is 16.5. The van der Waals surface area contributed by atoms with Gasteiger partial charge in [-0.2, -0.15) is 0 Å². The van der Waals surface area contributed by atoms with E-state index in [2.05, 4.69) is 13.8 Å². The fourth-order valence-electron chi connectivity index (χ4n) is 5.57. The molecule has 6 heteroatoms. The maximum atomic E-state index is 13.2. The number of benzene rings is 2. The molecule has 1 aliphatic carbocycles. The Balaban J connectivity index is 1.73. The molecule has 0 atom stereocenters. The molecule has 0 heterocycles. The minimum atomic E-state index is -0.555. The molecule has 0 amide bonds. The Kier molecular flexibility index (Phi) is 14.8. The van der Waals surface area contributed by atoms with Crippen LogP contribution < -0.4 is 18.9 Å². The summed E-state index contributed by atoms with van der Waals surface area (Å²) in [5.74, 6) is 0.954. The van der Waals surface area contributed by atoms with E-state index in [0.29, 0.717) is 58.5 Å². The molecule has 0 fully saturated rings. The van der Waals surface area contributed by atoms with Crippen molar-refractivity contribution < 1.29 is 28.5 Å². The minimum absolute atomic E-state index is 0.312. The van der Waals surface area contributed by atoms with Crippen molar-refractivity contribution in [2.75, 3.05) is 27.4 Å². The summed E-state index contributed by atoms with van der Waals surface area (Å²) < 4.78 is 23.4. The fraction of sp³-hybridized carbons (Fsp3) is 0.611. The second kappa shape index (κ2) is 18.5. The molecule has 0 bridgehead atoms. The van der Waals surface area contributed by atoms with E-state index in [1.54, 1.807) is 25.3 Å². The lowest BCUT2D eigenvalue weighted by Crippen LogP contribution is -2.22. The summed E-state index contributed by atoms with van der Waals surface area (Å²) in [6, 6.07) is 6.91. The standard InChI is InChI=1S/C36H52O6/c1-5-7-9-11-13-15-17-19-21-41-33-24-28-27-23-31(39-3)32(40-4)25-29(27)35(37)36(38)30(28)26-34(33)42-22-20-18-16-14-12-10-8-6-2/h23-26H,5-22H2,1-4H3. The minimum Gasteiger partial charge on any atom is -0.493 e. The number of hydrogen-bond acceptors (Lipinski definition) is 6. The van der Waals surface area contributed by atoms with E-state index >= 15 is 0 Å². The monoisotopic (exact) mass is 580 g/mol. The molecule has 1 aliphatic rings. The van der Waals surface area contributed by atoms with Crippen LogP contribution in [-0.4, -0.2) is 39.0 Å². The molecule has 0 saturated heterocycles. The lowest BCUT2D eigenvalue weighted by Gasteiger charge is -2.22. The van der Waals surface area contributed by atoms with Gasteiger partial charge in [-0.25, -0.2) is 0 Å². The highest BCUT2D eigenvalue weighted by Gasteiger charge is 2.33. The van der Waals surface area contributed by atoms with Crippen LogP contribution in [0.5, 0.6) is 23.0 Å². The van der Waals surface area contributed by atoms with E-state index in [1.165, 1.54) is 84.2 Å². The summed E-state index contributed by atoms with van der Waals surface area (Å²) >= 11 is 0. The van der Waals surface area contributed by atoms with Gasteiger partial charge < -0.3 is 18.9 Å². The molecule has 0 radical (unpaired) electrons. The third-order valence-corrected chi connectivity index (χ3v) is 8.10. The van der Waals surface area contributed by atoms with Crippen molar-refractivity contribution in [3.8, 4) is 34.1 Å². The van der Waals surface area contributed by atoms with Crippen molar-refractivity contribution in [2.45, 2.75) is 117 Å². The molecule has 42 heavy (non-hydrogen) atoms. The SMILES string of the molecule is CCCCCCCCCCOc1cc2c(cc1OCCCCCCCCCC)-c1cc(OC)c(OC)cc1C(=O)C2=O. The molecule has 232 valence electrons. The quantitative estimate of drug-likeness (QED) is 0.102. The summed E-state index contributed by atoms with van der Waals surface area (Å²) in [6.45, 7) is 5.60. The first-order valence-electron chi connectivity index (χ1n) is 16.3. The van der Waals surface area contributed by atoms with Gasteiger partial charge >= 0.3 is 0 Å². The van der Waals surface area contributed by atoms with Gasteiger partial charge in [-0.05, 0) is 48.2 Å². The molecule has 0 aliphatic heterocycles. The van der Waals surface area contributed by atoms with Crippen molar-refractivity contribution in [3.05, 3.63) is 35.4 Å². The van der Waals surface area contributed by atoms with Crippen LogP contribution in [-0.2, 0) is 0 Å². The summed E-state index contributed by atoms with van der Waals surface area (Å²) in [5, 5.41) is 0. The topological polar surface area (TPSA) is 71.1 Å². The lowest BCUT2D eigenvalue weighted by molar-refractivity contribution is 0.0815. The molecule has 0 spiro atoms. The zero-order chi connectivity index (χ0) is 30.2. The number of ketones is 2. The number of carbonyl (C=O) groups is 2. The van der Waals surface area contributed by atoms with E-state index < -0.39 is 11.6 Å². The van der Waals surface area contributed by atoms with Crippen LogP contribution in [0.15, 0.2) is 24.3 Å². The zero-order valence-electron chi connectivity index (χ0n) is 26.5. The van der Waals surface area contributed by atoms with Gasteiger partial charge in [0.15, 0.2) is 23.0 Å². The Labute approximate surface area is 253 Å². The summed E-state index contributed by atoms with van der Waals surface area (Å²) in [7, 11) is 3.07. The number of fused-ring (bicyclic) bond motifs is 3. The van der Waals surface area contributed by atoms with Crippen molar-refractivity contribution in [1.82, 2.24) is 0 Å². The highest BCUT2D eigenvalue weighted by Crippen LogP contribution is 2.44. The number of rotatable bonds is 22. The molecule has 6 nitrogen and oxygen atoms in total. The molecule has 2 aromatic rings. The Morgan fingerprint density at radius 1 is 0.429 bits per heavy atom.